The predicted molar refractivity (Wildman–Crippen MR) is 108 cm³/mol. The van der Waals surface area contributed by atoms with Crippen LogP contribution in [0.15, 0.2) is 30.3 Å². The Hall–Kier alpha value is -1.90. The smallest absolute Gasteiger partial charge is 0.252 e. The van der Waals surface area contributed by atoms with Crippen LogP contribution in [0, 0.1) is 10.5 Å². The molecule has 3 rings (SSSR count). The fourth-order valence-electron chi connectivity index (χ4n) is 2.86. The number of amides is 1. The van der Waals surface area contributed by atoms with Gasteiger partial charge in [-0.15, -0.1) is 0 Å². The molecule has 0 radical (unpaired) electrons. The lowest BCUT2D eigenvalue weighted by Gasteiger charge is -2.17. The molecule has 0 unspecified atom stereocenters. The van der Waals surface area contributed by atoms with Gasteiger partial charge in [-0.05, 0) is 54.5 Å². The SMILES string of the molecule is Cc1nc(NCCNC(=O)c2ccccc2I)cc(N2CCCC2)n1. The van der Waals surface area contributed by atoms with Gasteiger partial charge in [0.15, 0.2) is 0 Å². The molecule has 25 heavy (non-hydrogen) atoms. The summed E-state index contributed by atoms with van der Waals surface area (Å²) in [6.07, 6.45) is 2.44. The number of hydrogen-bond acceptors (Lipinski definition) is 5. The van der Waals surface area contributed by atoms with Crippen LogP contribution in [-0.4, -0.2) is 42.1 Å². The maximum atomic E-state index is 12.2. The lowest BCUT2D eigenvalue weighted by molar-refractivity contribution is 0.0954. The molecule has 2 aromatic rings. The second-order valence-electron chi connectivity index (χ2n) is 6.02. The lowest BCUT2D eigenvalue weighted by atomic mass is 10.2. The highest BCUT2D eigenvalue weighted by atomic mass is 127. The summed E-state index contributed by atoms with van der Waals surface area (Å²) in [4.78, 5) is 23.4. The molecule has 1 saturated heterocycles. The molecule has 1 aromatic carbocycles. The molecular formula is C18H22IN5O. The number of anilines is 2. The Morgan fingerprint density at radius 3 is 2.72 bits per heavy atom. The quantitative estimate of drug-likeness (QED) is 0.522. The Morgan fingerprint density at radius 2 is 1.96 bits per heavy atom. The number of aryl methyl sites for hydroxylation is 1. The van der Waals surface area contributed by atoms with E-state index in [-0.39, 0.29) is 5.91 Å². The Kier molecular flexibility index (Phi) is 6.06. The standard InChI is InChI=1S/C18H22IN5O/c1-13-22-16(12-17(23-13)24-10-4-5-11-24)20-8-9-21-18(25)14-6-2-3-7-15(14)19/h2-3,6-7,12H,4-5,8-11H2,1H3,(H,21,25)(H,20,22,23). The molecule has 0 bridgehead atoms. The van der Waals surface area contributed by atoms with Crippen molar-refractivity contribution in [3.05, 3.63) is 45.3 Å². The van der Waals surface area contributed by atoms with Gasteiger partial charge in [-0.3, -0.25) is 4.79 Å². The minimum Gasteiger partial charge on any atom is -0.368 e. The second kappa shape index (κ2) is 8.46. The Bertz CT molecular complexity index is 746. The highest BCUT2D eigenvalue weighted by molar-refractivity contribution is 14.1. The van der Waals surface area contributed by atoms with Gasteiger partial charge in [0.2, 0.25) is 0 Å². The fourth-order valence-corrected chi connectivity index (χ4v) is 3.49. The summed E-state index contributed by atoms with van der Waals surface area (Å²) in [5, 5.41) is 6.21. The highest BCUT2D eigenvalue weighted by Crippen LogP contribution is 2.20. The van der Waals surface area contributed by atoms with E-state index in [0.29, 0.717) is 18.7 Å². The number of nitrogens with zero attached hydrogens (tertiary/aromatic N) is 3. The molecule has 1 aliphatic heterocycles. The first-order chi connectivity index (χ1) is 12.1. The van der Waals surface area contributed by atoms with Crippen LogP contribution in [0.4, 0.5) is 11.6 Å². The summed E-state index contributed by atoms with van der Waals surface area (Å²) < 4.78 is 0.951. The molecule has 1 aromatic heterocycles. The molecule has 6 nitrogen and oxygen atoms in total. The van der Waals surface area contributed by atoms with Crippen molar-refractivity contribution >= 4 is 40.1 Å². The van der Waals surface area contributed by atoms with E-state index in [2.05, 4.69) is 48.1 Å². The normalized spacial score (nSPS) is 13.8. The average molecular weight is 451 g/mol. The van der Waals surface area contributed by atoms with Gasteiger partial charge >= 0.3 is 0 Å². The largest absolute Gasteiger partial charge is 0.368 e. The first-order valence-corrected chi connectivity index (χ1v) is 9.58. The van der Waals surface area contributed by atoms with Crippen LogP contribution in [0.25, 0.3) is 0 Å². The Morgan fingerprint density at radius 1 is 1.20 bits per heavy atom. The van der Waals surface area contributed by atoms with Crippen LogP contribution in [0.2, 0.25) is 0 Å². The molecule has 0 spiro atoms. The molecular weight excluding hydrogens is 429 g/mol. The molecule has 1 amide bonds. The third kappa shape index (κ3) is 4.81. The van der Waals surface area contributed by atoms with E-state index in [4.69, 9.17) is 0 Å². The predicted octanol–water partition coefficient (Wildman–Crippen LogP) is 2.83. The molecule has 1 aliphatic rings. The molecule has 2 N–H and O–H groups in total. The molecule has 0 aliphatic carbocycles. The zero-order valence-electron chi connectivity index (χ0n) is 14.3. The van der Waals surface area contributed by atoms with Gasteiger partial charge in [0, 0.05) is 35.8 Å². The Balaban J connectivity index is 1.52. The van der Waals surface area contributed by atoms with Gasteiger partial charge in [-0.25, -0.2) is 9.97 Å². The van der Waals surface area contributed by atoms with Crippen LogP contribution < -0.4 is 15.5 Å². The van der Waals surface area contributed by atoms with E-state index in [1.54, 1.807) is 0 Å². The maximum Gasteiger partial charge on any atom is 0.252 e. The van der Waals surface area contributed by atoms with Crippen LogP contribution in [0.1, 0.15) is 29.0 Å². The number of carbonyl (C=O) groups is 1. The maximum absolute atomic E-state index is 12.2. The number of carbonyl (C=O) groups excluding carboxylic acids is 1. The third-order valence-electron chi connectivity index (χ3n) is 4.09. The molecule has 1 fully saturated rings. The highest BCUT2D eigenvalue weighted by Gasteiger charge is 2.15. The number of hydrogen-bond donors (Lipinski definition) is 2. The number of halogens is 1. The van der Waals surface area contributed by atoms with E-state index < -0.39 is 0 Å². The summed E-state index contributed by atoms with van der Waals surface area (Å²) in [6.45, 7) is 5.17. The van der Waals surface area contributed by atoms with Crippen LogP contribution in [0.5, 0.6) is 0 Å². The second-order valence-corrected chi connectivity index (χ2v) is 7.18. The van der Waals surface area contributed by atoms with Gasteiger partial charge in [-0.1, -0.05) is 12.1 Å². The van der Waals surface area contributed by atoms with Crippen molar-refractivity contribution in [1.29, 1.82) is 0 Å². The summed E-state index contributed by atoms with van der Waals surface area (Å²) in [5.41, 5.74) is 0.706. The van der Waals surface area contributed by atoms with Crippen LogP contribution in [0.3, 0.4) is 0 Å². The monoisotopic (exact) mass is 451 g/mol. The van der Waals surface area contributed by atoms with Gasteiger partial charge in [0.25, 0.3) is 5.91 Å². The van der Waals surface area contributed by atoms with E-state index >= 15 is 0 Å². The fraction of sp³-hybridized carbons (Fsp3) is 0.389. The minimum atomic E-state index is -0.0524. The first kappa shape index (κ1) is 17.9. The van der Waals surface area contributed by atoms with Gasteiger partial charge in [0.05, 0.1) is 5.56 Å². The average Bonchev–Trinajstić information content (AvgIpc) is 3.13. The molecule has 2 heterocycles. The van der Waals surface area contributed by atoms with Crippen molar-refractivity contribution in [2.24, 2.45) is 0 Å². The van der Waals surface area contributed by atoms with Gasteiger partial charge < -0.3 is 15.5 Å². The van der Waals surface area contributed by atoms with Gasteiger partial charge in [-0.2, -0.15) is 0 Å². The van der Waals surface area contributed by atoms with Crippen molar-refractivity contribution in [1.82, 2.24) is 15.3 Å². The lowest BCUT2D eigenvalue weighted by Crippen LogP contribution is -2.29. The van der Waals surface area contributed by atoms with E-state index in [9.17, 15) is 4.79 Å². The van der Waals surface area contributed by atoms with Crippen LogP contribution in [-0.2, 0) is 0 Å². The molecule has 0 atom stereocenters. The van der Waals surface area contributed by atoms with Crippen molar-refractivity contribution in [3.8, 4) is 0 Å². The number of benzene rings is 1. The molecule has 132 valence electrons. The zero-order valence-corrected chi connectivity index (χ0v) is 16.4. The van der Waals surface area contributed by atoms with Gasteiger partial charge in [0.1, 0.15) is 17.5 Å². The summed E-state index contributed by atoms with van der Waals surface area (Å²) in [6, 6.07) is 9.55. The molecule has 0 saturated carbocycles. The van der Waals surface area contributed by atoms with Crippen molar-refractivity contribution < 1.29 is 4.79 Å². The van der Waals surface area contributed by atoms with Crippen LogP contribution >= 0.6 is 22.6 Å². The first-order valence-electron chi connectivity index (χ1n) is 8.51. The number of nitrogens with one attached hydrogen (secondary N) is 2. The summed E-state index contributed by atoms with van der Waals surface area (Å²) >= 11 is 2.17. The summed E-state index contributed by atoms with van der Waals surface area (Å²) in [5.74, 6) is 2.49. The van der Waals surface area contributed by atoms with E-state index in [1.165, 1.54) is 12.8 Å². The van der Waals surface area contributed by atoms with E-state index in [1.807, 2.05) is 37.3 Å². The topological polar surface area (TPSA) is 70.2 Å². The van der Waals surface area contributed by atoms with Crippen molar-refractivity contribution in [3.63, 3.8) is 0 Å². The third-order valence-corrected chi connectivity index (χ3v) is 5.03. The minimum absolute atomic E-state index is 0.0524. The van der Waals surface area contributed by atoms with Crippen molar-refractivity contribution in [2.45, 2.75) is 19.8 Å². The summed E-state index contributed by atoms with van der Waals surface area (Å²) in [7, 11) is 0. The van der Waals surface area contributed by atoms with Crippen molar-refractivity contribution in [2.75, 3.05) is 36.4 Å². The van der Waals surface area contributed by atoms with E-state index in [0.717, 1.165) is 34.1 Å². The number of aromatic nitrogens is 2. The zero-order chi connectivity index (χ0) is 17.6. The number of rotatable bonds is 6. The molecule has 7 heteroatoms. The Labute approximate surface area is 161 Å².